The highest BCUT2D eigenvalue weighted by atomic mass is 35.5. The summed E-state index contributed by atoms with van der Waals surface area (Å²) in [5, 5.41) is 11.2. The molecule has 0 saturated carbocycles. The quantitative estimate of drug-likeness (QED) is 0.324. The summed E-state index contributed by atoms with van der Waals surface area (Å²) in [5.74, 6) is -0.0164. The van der Waals surface area contributed by atoms with Gasteiger partial charge in [0.05, 0.1) is 38.1 Å². The summed E-state index contributed by atoms with van der Waals surface area (Å²) in [6.07, 6.45) is 0. The van der Waals surface area contributed by atoms with Crippen molar-refractivity contribution in [2.75, 3.05) is 32.8 Å². The molecular weight excluding hydrogens is 473 g/mol. The zero-order valence-electron chi connectivity index (χ0n) is 18.9. The molecule has 0 aliphatic heterocycles. The van der Waals surface area contributed by atoms with Gasteiger partial charge in [-0.1, -0.05) is 23.2 Å². The van der Waals surface area contributed by atoms with E-state index < -0.39 is 17.7 Å². The van der Waals surface area contributed by atoms with Gasteiger partial charge < -0.3 is 24.3 Å². The van der Waals surface area contributed by atoms with Crippen molar-refractivity contribution in [1.29, 1.82) is 0 Å². The van der Waals surface area contributed by atoms with E-state index in [0.29, 0.717) is 29.7 Å². The summed E-state index contributed by atoms with van der Waals surface area (Å²) < 4.78 is 21.5. The lowest BCUT2D eigenvalue weighted by Gasteiger charge is -2.16. The molecule has 1 unspecified atom stereocenters. The van der Waals surface area contributed by atoms with Crippen molar-refractivity contribution in [3.63, 3.8) is 0 Å². The lowest BCUT2D eigenvalue weighted by molar-refractivity contribution is -0.126. The maximum Gasteiger partial charge on any atom is 0.258 e. The largest absolute Gasteiger partial charge is 0.494 e. The van der Waals surface area contributed by atoms with E-state index in [9.17, 15) is 9.59 Å². The van der Waals surface area contributed by atoms with Gasteiger partial charge in [-0.05, 0) is 26.8 Å². The van der Waals surface area contributed by atoms with Crippen molar-refractivity contribution in [3.8, 4) is 23.0 Å². The summed E-state index contributed by atoms with van der Waals surface area (Å²) in [6.45, 7) is 5.56. The first-order valence-electron chi connectivity index (χ1n) is 9.98. The first-order valence-corrected chi connectivity index (χ1v) is 10.7. The Morgan fingerprint density at radius 3 is 2.27 bits per heavy atom. The van der Waals surface area contributed by atoms with Crippen LogP contribution in [-0.2, 0) is 9.59 Å². The van der Waals surface area contributed by atoms with Crippen LogP contribution in [0.15, 0.2) is 34.5 Å². The molecule has 0 aliphatic carbocycles. The fourth-order valence-electron chi connectivity index (χ4n) is 2.83. The molecule has 11 heteroatoms. The van der Waals surface area contributed by atoms with Crippen molar-refractivity contribution < 1.29 is 28.5 Å². The van der Waals surface area contributed by atoms with Crippen molar-refractivity contribution in [3.05, 3.63) is 34.3 Å². The summed E-state index contributed by atoms with van der Waals surface area (Å²) in [5.41, 5.74) is 0.429. The highest BCUT2D eigenvalue weighted by Gasteiger charge is 2.26. The van der Waals surface area contributed by atoms with Gasteiger partial charge in [-0.3, -0.25) is 9.59 Å². The number of azo groups is 1. The van der Waals surface area contributed by atoms with Crippen LogP contribution in [0.1, 0.15) is 20.8 Å². The number of amides is 1. The maximum atomic E-state index is 12.9. The first kappa shape index (κ1) is 26.2. The number of nitrogens with one attached hydrogen (secondary N) is 1. The number of anilines is 1. The van der Waals surface area contributed by atoms with Crippen LogP contribution in [0.4, 0.5) is 11.4 Å². The minimum absolute atomic E-state index is 0.213. The Balaban J connectivity index is 2.40. The molecule has 0 fully saturated rings. The number of carbonyl (C=O) groups excluding carboxylic acids is 2. The molecule has 0 aromatic heterocycles. The standard InChI is InChI=1S/C22H25Cl2N3O6/c1-6-32-14-10-15(24)20(33-7-2)17(11-14)26-27-19(12(3)28)22(29)25-16-8-13(23)9-18(30-4)21(16)31-5/h8-11,19H,6-7H2,1-5H3,(H,25,29). The van der Waals surface area contributed by atoms with E-state index in [0.717, 1.165) is 0 Å². The number of hydrogen-bond acceptors (Lipinski definition) is 8. The third kappa shape index (κ3) is 6.72. The lowest BCUT2D eigenvalue weighted by Crippen LogP contribution is -2.32. The van der Waals surface area contributed by atoms with Crippen LogP contribution in [0.25, 0.3) is 0 Å². The number of Topliss-reactive ketones (excluding diaryl/α,β-unsaturated/α-hetero) is 1. The molecule has 178 valence electrons. The van der Waals surface area contributed by atoms with Gasteiger partial charge in [0, 0.05) is 23.2 Å². The van der Waals surface area contributed by atoms with Crippen LogP contribution >= 0.6 is 23.2 Å². The van der Waals surface area contributed by atoms with Gasteiger partial charge in [0.1, 0.15) is 11.4 Å². The normalized spacial score (nSPS) is 11.7. The fourth-order valence-corrected chi connectivity index (χ4v) is 3.30. The molecule has 0 spiro atoms. The van der Waals surface area contributed by atoms with Crippen molar-refractivity contribution in [1.82, 2.24) is 0 Å². The van der Waals surface area contributed by atoms with Gasteiger partial charge in [0.2, 0.25) is 6.04 Å². The lowest BCUT2D eigenvalue weighted by atomic mass is 10.2. The molecule has 2 aromatic carbocycles. The van der Waals surface area contributed by atoms with Crippen LogP contribution in [0.3, 0.4) is 0 Å². The minimum atomic E-state index is -1.45. The van der Waals surface area contributed by atoms with Gasteiger partial charge in [-0.15, -0.1) is 0 Å². The van der Waals surface area contributed by atoms with Crippen molar-refractivity contribution in [2.45, 2.75) is 26.8 Å². The molecular formula is C22H25Cl2N3O6. The average Bonchev–Trinajstić information content (AvgIpc) is 2.75. The Morgan fingerprint density at radius 2 is 1.70 bits per heavy atom. The number of methoxy groups -OCH3 is 2. The third-order valence-electron chi connectivity index (χ3n) is 4.21. The molecule has 0 saturated heterocycles. The number of rotatable bonds is 11. The predicted molar refractivity (Wildman–Crippen MR) is 126 cm³/mol. The Hall–Kier alpha value is -3.04. The van der Waals surface area contributed by atoms with E-state index in [-0.39, 0.29) is 27.9 Å². The smallest absolute Gasteiger partial charge is 0.258 e. The molecule has 33 heavy (non-hydrogen) atoms. The number of carbonyl (C=O) groups is 2. The van der Waals surface area contributed by atoms with E-state index in [1.807, 2.05) is 6.92 Å². The number of benzene rings is 2. The molecule has 2 rings (SSSR count). The Bertz CT molecular complexity index is 1050. The Kier molecular flexibility index (Phi) is 9.74. The molecule has 0 bridgehead atoms. The number of nitrogens with zero attached hydrogens (tertiary/aromatic N) is 2. The SMILES string of the molecule is CCOc1cc(Cl)c(OCC)c(N=NC(C(C)=O)C(=O)Nc2cc(Cl)cc(OC)c2OC)c1. The zero-order valence-corrected chi connectivity index (χ0v) is 20.4. The van der Waals surface area contributed by atoms with Crippen molar-refractivity contribution in [2.24, 2.45) is 10.2 Å². The number of hydrogen-bond donors (Lipinski definition) is 1. The third-order valence-corrected chi connectivity index (χ3v) is 4.71. The van der Waals surface area contributed by atoms with E-state index >= 15 is 0 Å². The number of ether oxygens (including phenoxy) is 4. The van der Waals surface area contributed by atoms with Gasteiger partial charge in [0.25, 0.3) is 5.91 Å². The maximum absolute atomic E-state index is 12.9. The molecule has 2 aromatic rings. The van der Waals surface area contributed by atoms with E-state index in [1.54, 1.807) is 19.1 Å². The monoisotopic (exact) mass is 497 g/mol. The highest BCUT2D eigenvalue weighted by molar-refractivity contribution is 6.32. The Labute approximate surface area is 202 Å². The molecule has 9 nitrogen and oxygen atoms in total. The fraction of sp³-hybridized carbons (Fsp3) is 0.364. The second kappa shape index (κ2) is 12.3. The molecule has 0 heterocycles. The Morgan fingerprint density at radius 1 is 1.00 bits per heavy atom. The van der Waals surface area contributed by atoms with Crippen LogP contribution in [0, 0.1) is 0 Å². The summed E-state index contributed by atoms with van der Waals surface area (Å²) in [7, 11) is 2.85. The van der Waals surface area contributed by atoms with Crippen molar-refractivity contribution >= 4 is 46.3 Å². The number of ketones is 1. The van der Waals surface area contributed by atoms with E-state index in [4.69, 9.17) is 42.1 Å². The van der Waals surface area contributed by atoms with Gasteiger partial charge >= 0.3 is 0 Å². The molecule has 1 amide bonds. The van der Waals surface area contributed by atoms with Crippen LogP contribution in [0.2, 0.25) is 10.0 Å². The molecule has 0 aliphatic rings. The van der Waals surface area contributed by atoms with Crippen LogP contribution < -0.4 is 24.3 Å². The summed E-state index contributed by atoms with van der Waals surface area (Å²) in [6, 6.07) is 4.69. The molecule has 0 radical (unpaired) electrons. The second-order valence-corrected chi connectivity index (χ2v) is 7.37. The zero-order chi connectivity index (χ0) is 24.5. The van der Waals surface area contributed by atoms with Crippen LogP contribution in [0.5, 0.6) is 23.0 Å². The highest BCUT2D eigenvalue weighted by Crippen LogP contribution is 2.40. The van der Waals surface area contributed by atoms with Gasteiger partial charge in [-0.2, -0.15) is 10.2 Å². The summed E-state index contributed by atoms with van der Waals surface area (Å²) >= 11 is 12.4. The van der Waals surface area contributed by atoms with E-state index in [2.05, 4.69) is 15.5 Å². The van der Waals surface area contributed by atoms with Crippen LogP contribution in [-0.4, -0.2) is 45.2 Å². The summed E-state index contributed by atoms with van der Waals surface area (Å²) in [4.78, 5) is 25.1. The number of halogens is 2. The van der Waals surface area contributed by atoms with E-state index in [1.165, 1.54) is 33.3 Å². The minimum Gasteiger partial charge on any atom is -0.494 e. The topological polar surface area (TPSA) is 108 Å². The average molecular weight is 498 g/mol. The van der Waals surface area contributed by atoms with Gasteiger partial charge in [0.15, 0.2) is 23.0 Å². The molecule has 1 N–H and O–H groups in total. The second-order valence-electron chi connectivity index (χ2n) is 6.53. The first-order chi connectivity index (χ1) is 15.7. The molecule has 1 atom stereocenters. The predicted octanol–water partition coefficient (Wildman–Crippen LogP) is 5.49. The van der Waals surface area contributed by atoms with Gasteiger partial charge in [-0.25, -0.2) is 0 Å².